The van der Waals surface area contributed by atoms with Gasteiger partial charge in [0.15, 0.2) is 5.65 Å². The third-order valence-corrected chi connectivity index (χ3v) is 4.72. The van der Waals surface area contributed by atoms with E-state index >= 15 is 0 Å². The predicted molar refractivity (Wildman–Crippen MR) is 107 cm³/mol. The number of amides is 1. The third kappa shape index (κ3) is 3.65. The Balaban J connectivity index is 1.49. The summed E-state index contributed by atoms with van der Waals surface area (Å²) < 4.78 is 1.86. The quantitative estimate of drug-likeness (QED) is 0.711. The van der Waals surface area contributed by atoms with Crippen molar-refractivity contribution in [3.8, 4) is 0 Å². The van der Waals surface area contributed by atoms with Crippen LogP contribution in [-0.2, 0) is 0 Å². The fraction of sp³-hybridized carbons (Fsp3) is 0.421. The second-order valence-electron chi connectivity index (χ2n) is 7.41. The van der Waals surface area contributed by atoms with Crippen LogP contribution in [0.5, 0.6) is 0 Å². The summed E-state index contributed by atoms with van der Waals surface area (Å²) in [4.78, 5) is 32.3. The van der Waals surface area contributed by atoms with Crippen LogP contribution in [0.25, 0.3) is 5.65 Å². The average molecular weight is 380 g/mol. The molecule has 0 unspecified atom stereocenters. The van der Waals surface area contributed by atoms with Gasteiger partial charge in [0.1, 0.15) is 17.3 Å². The van der Waals surface area contributed by atoms with Gasteiger partial charge < -0.3 is 19.9 Å². The average Bonchev–Trinajstić information content (AvgIpc) is 3.02. The molecule has 1 aliphatic rings. The summed E-state index contributed by atoms with van der Waals surface area (Å²) in [5, 5.41) is 6.28. The number of rotatable bonds is 3. The highest BCUT2D eigenvalue weighted by atomic mass is 16.1. The lowest BCUT2D eigenvalue weighted by atomic mass is 10.1. The number of fused-ring (bicyclic) bond motifs is 1. The summed E-state index contributed by atoms with van der Waals surface area (Å²) >= 11 is 0. The molecule has 1 saturated heterocycles. The molecule has 2 atom stereocenters. The number of nitrogens with one attached hydrogen (secondary N) is 2. The highest BCUT2D eigenvalue weighted by Crippen LogP contribution is 2.16. The summed E-state index contributed by atoms with van der Waals surface area (Å²) in [6.45, 7) is 9.79. The van der Waals surface area contributed by atoms with Crippen LogP contribution in [0.1, 0.15) is 35.7 Å². The van der Waals surface area contributed by atoms with Gasteiger partial charge >= 0.3 is 0 Å². The molecule has 4 heterocycles. The molecule has 0 saturated carbocycles. The lowest BCUT2D eigenvalue weighted by molar-refractivity contribution is 0.102. The standard InChI is InChI=1S/C19H24N8O/c1-11-7-26(8-12(2)22-11)17-6-20-15(5-21-17)19(28)25-16-10-27-9-13(3)23-18(27)14(4)24-16/h5-6,9-12,22H,7-8H2,1-4H3,(H,25,28)/t11-,12+. The molecule has 0 aliphatic carbocycles. The molecule has 0 spiro atoms. The number of anilines is 2. The van der Waals surface area contributed by atoms with Gasteiger partial charge in [0.05, 0.1) is 30.0 Å². The van der Waals surface area contributed by atoms with E-state index in [2.05, 4.69) is 49.3 Å². The minimum Gasteiger partial charge on any atom is -0.352 e. The van der Waals surface area contributed by atoms with Crippen LogP contribution >= 0.6 is 0 Å². The first-order valence-electron chi connectivity index (χ1n) is 9.36. The van der Waals surface area contributed by atoms with Gasteiger partial charge in [0.2, 0.25) is 0 Å². The van der Waals surface area contributed by atoms with Gasteiger partial charge in [-0.15, -0.1) is 0 Å². The zero-order valence-electron chi connectivity index (χ0n) is 16.5. The third-order valence-electron chi connectivity index (χ3n) is 4.72. The Morgan fingerprint density at radius 3 is 2.54 bits per heavy atom. The Bertz CT molecular complexity index is 1000. The van der Waals surface area contributed by atoms with E-state index in [9.17, 15) is 4.79 Å². The lowest BCUT2D eigenvalue weighted by Crippen LogP contribution is -2.54. The topological polar surface area (TPSA) is 100 Å². The van der Waals surface area contributed by atoms with Crippen molar-refractivity contribution in [3.05, 3.63) is 41.9 Å². The second kappa shape index (κ2) is 7.16. The van der Waals surface area contributed by atoms with Gasteiger partial charge in [0.25, 0.3) is 5.91 Å². The minimum absolute atomic E-state index is 0.251. The van der Waals surface area contributed by atoms with E-state index in [1.807, 2.05) is 24.4 Å². The van der Waals surface area contributed by atoms with Crippen LogP contribution < -0.4 is 15.5 Å². The van der Waals surface area contributed by atoms with E-state index in [0.29, 0.717) is 17.9 Å². The van der Waals surface area contributed by atoms with Gasteiger partial charge in [-0.05, 0) is 27.7 Å². The maximum Gasteiger partial charge on any atom is 0.277 e. The highest BCUT2D eigenvalue weighted by Gasteiger charge is 2.22. The smallest absolute Gasteiger partial charge is 0.277 e. The van der Waals surface area contributed by atoms with Crippen molar-refractivity contribution < 1.29 is 4.79 Å². The van der Waals surface area contributed by atoms with Gasteiger partial charge in [-0.2, -0.15) is 0 Å². The fourth-order valence-corrected chi connectivity index (χ4v) is 3.63. The molecule has 0 bridgehead atoms. The van der Waals surface area contributed by atoms with Crippen LogP contribution in [0, 0.1) is 13.8 Å². The molecule has 2 N–H and O–H groups in total. The van der Waals surface area contributed by atoms with Crippen LogP contribution in [0.3, 0.4) is 0 Å². The zero-order chi connectivity index (χ0) is 19.8. The first kappa shape index (κ1) is 18.3. The summed E-state index contributed by atoms with van der Waals surface area (Å²) in [5.74, 6) is 0.883. The van der Waals surface area contributed by atoms with Gasteiger partial charge in [-0.1, -0.05) is 0 Å². The minimum atomic E-state index is -0.343. The van der Waals surface area contributed by atoms with E-state index in [1.54, 1.807) is 12.4 Å². The number of imidazole rings is 1. The van der Waals surface area contributed by atoms with E-state index < -0.39 is 0 Å². The zero-order valence-corrected chi connectivity index (χ0v) is 16.5. The SMILES string of the molecule is Cc1cn2cc(NC(=O)c3cnc(N4C[C@@H](C)N[C@@H](C)C4)cn3)nc(C)c2n1. The molecule has 0 radical (unpaired) electrons. The van der Waals surface area contributed by atoms with Crippen molar-refractivity contribution in [2.45, 2.75) is 39.8 Å². The molecule has 3 aromatic heterocycles. The van der Waals surface area contributed by atoms with Crippen LogP contribution in [0.2, 0.25) is 0 Å². The number of carbonyl (C=O) groups excluding carboxylic acids is 1. The number of carbonyl (C=O) groups is 1. The number of hydrogen-bond donors (Lipinski definition) is 2. The number of hydrogen-bond acceptors (Lipinski definition) is 7. The van der Waals surface area contributed by atoms with Crippen LogP contribution in [0.4, 0.5) is 11.6 Å². The van der Waals surface area contributed by atoms with Crippen LogP contribution in [0.15, 0.2) is 24.8 Å². The van der Waals surface area contributed by atoms with Gasteiger partial charge in [-0.3, -0.25) is 4.79 Å². The summed E-state index contributed by atoms with van der Waals surface area (Å²) in [6, 6.07) is 0.758. The van der Waals surface area contributed by atoms with Crippen molar-refractivity contribution in [1.82, 2.24) is 29.7 Å². The van der Waals surface area contributed by atoms with E-state index in [-0.39, 0.29) is 11.6 Å². The Kier molecular flexibility index (Phi) is 4.68. The Labute approximate surface area is 163 Å². The van der Waals surface area contributed by atoms with Gasteiger partial charge in [0, 0.05) is 31.4 Å². The number of nitrogens with zero attached hydrogens (tertiary/aromatic N) is 6. The van der Waals surface area contributed by atoms with Crippen molar-refractivity contribution in [3.63, 3.8) is 0 Å². The van der Waals surface area contributed by atoms with Gasteiger partial charge in [-0.25, -0.2) is 19.9 Å². The predicted octanol–water partition coefficient (Wildman–Crippen LogP) is 1.58. The van der Waals surface area contributed by atoms with E-state index in [4.69, 9.17) is 0 Å². The molecule has 1 aliphatic heterocycles. The fourth-order valence-electron chi connectivity index (χ4n) is 3.63. The maximum absolute atomic E-state index is 12.6. The number of aromatic nitrogens is 5. The molecular weight excluding hydrogens is 356 g/mol. The second-order valence-corrected chi connectivity index (χ2v) is 7.41. The summed E-state index contributed by atoms with van der Waals surface area (Å²) in [5.41, 5.74) is 2.67. The Morgan fingerprint density at radius 1 is 1.11 bits per heavy atom. The maximum atomic E-state index is 12.6. The van der Waals surface area contributed by atoms with Crippen molar-refractivity contribution in [2.75, 3.05) is 23.3 Å². The lowest BCUT2D eigenvalue weighted by Gasteiger charge is -2.36. The summed E-state index contributed by atoms with van der Waals surface area (Å²) in [6.07, 6.45) is 6.80. The molecule has 1 fully saturated rings. The Hall–Kier alpha value is -3.07. The monoisotopic (exact) mass is 380 g/mol. The van der Waals surface area contributed by atoms with E-state index in [1.165, 1.54) is 6.20 Å². The number of piperazine rings is 1. The first-order chi connectivity index (χ1) is 13.4. The Morgan fingerprint density at radius 2 is 1.86 bits per heavy atom. The molecule has 0 aromatic carbocycles. The van der Waals surface area contributed by atoms with Crippen LogP contribution in [-0.4, -0.2) is 55.4 Å². The molecule has 1 amide bonds. The van der Waals surface area contributed by atoms with Crippen molar-refractivity contribution >= 4 is 23.2 Å². The molecular formula is C19H24N8O. The van der Waals surface area contributed by atoms with Crippen molar-refractivity contribution in [1.29, 1.82) is 0 Å². The molecule has 146 valence electrons. The normalized spacial score (nSPS) is 19.8. The molecule has 28 heavy (non-hydrogen) atoms. The number of aryl methyl sites for hydroxylation is 2. The molecule has 3 aromatic rings. The molecule has 9 nitrogen and oxygen atoms in total. The summed E-state index contributed by atoms with van der Waals surface area (Å²) in [7, 11) is 0. The van der Waals surface area contributed by atoms with Crippen molar-refractivity contribution in [2.24, 2.45) is 0 Å². The highest BCUT2D eigenvalue weighted by molar-refractivity contribution is 6.02. The largest absolute Gasteiger partial charge is 0.352 e. The first-order valence-corrected chi connectivity index (χ1v) is 9.36. The molecule has 4 rings (SSSR count). The molecule has 9 heteroatoms. The van der Waals surface area contributed by atoms with E-state index in [0.717, 1.165) is 35.9 Å².